The maximum absolute atomic E-state index is 5.89. The molecular weight excluding hydrogens is 532 g/mol. The van der Waals surface area contributed by atoms with Gasteiger partial charge in [-0.25, -0.2) is 0 Å². The summed E-state index contributed by atoms with van der Waals surface area (Å²) < 4.78 is 0. The number of rotatable bonds is 9. The minimum atomic E-state index is 0.894. The zero-order valence-electron chi connectivity index (χ0n) is 25.8. The third kappa shape index (κ3) is 8.96. The average molecular weight is 575 g/mol. The minimum absolute atomic E-state index is 0.894. The molecule has 0 saturated heterocycles. The van der Waals surface area contributed by atoms with Gasteiger partial charge in [-0.2, -0.15) is 0 Å². The lowest BCUT2D eigenvalue weighted by Gasteiger charge is -2.13. The van der Waals surface area contributed by atoms with Crippen LogP contribution in [0.1, 0.15) is 33.4 Å². The summed E-state index contributed by atoms with van der Waals surface area (Å²) in [6.45, 7) is 4.19. The van der Waals surface area contributed by atoms with Crippen molar-refractivity contribution < 1.29 is 0 Å². The van der Waals surface area contributed by atoms with Gasteiger partial charge in [0.2, 0.25) is 0 Å². The Kier molecular flexibility index (Phi) is 10.6. The molecule has 0 aromatic heterocycles. The molecule has 0 spiro atoms. The maximum Gasteiger partial charge on any atom is 0.0416 e. The van der Waals surface area contributed by atoms with E-state index in [1.165, 1.54) is 44.6 Å². The van der Waals surface area contributed by atoms with Crippen LogP contribution < -0.4 is 11.1 Å². The van der Waals surface area contributed by atoms with Crippen molar-refractivity contribution in [1.82, 2.24) is 0 Å². The average Bonchev–Trinajstić information content (AvgIpc) is 3.08. The summed E-state index contributed by atoms with van der Waals surface area (Å²) in [5.41, 5.74) is 19.4. The van der Waals surface area contributed by atoms with E-state index in [0.29, 0.717) is 0 Å². The monoisotopic (exact) mass is 574 g/mol. The van der Waals surface area contributed by atoms with E-state index in [2.05, 4.69) is 152 Å². The first-order valence-electron chi connectivity index (χ1n) is 15.5. The highest BCUT2D eigenvalue weighted by Gasteiger charge is 2.04. The van der Waals surface area contributed by atoms with E-state index in [1.807, 2.05) is 19.1 Å². The van der Waals surface area contributed by atoms with Crippen molar-refractivity contribution >= 4 is 17.1 Å². The van der Waals surface area contributed by atoms with Crippen LogP contribution in [-0.4, -0.2) is 0 Å². The first-order valence-corrected chi connectivity index (χ1v) is 15.5. The second kappa shape index (κ2) is 15.4. The molecule has 44 heavy (non-hydrogen) atoms. The summed E-state index contributed by atoms with van der Waals surface area (Å²) in [4.78, 5) is 0. The van der Waals surface area contributed by atoms with Gasteiger partial charge in [-0.05, 0) is 108 Å². The largest absolute Gasteiger partial charge is 0.399 e. The zero-order valence-corrected chi connectivity index (χ0v) is 25.8. The predicted molar refractivity (Wildman–Crippen MR) is 190 cm³/mol. The Balaban J connectivity index is 0.000000204. The fourth-order valence-electron chi connectivity index (χ4n) is 5.20. The number of anilines is 3. The molecule has 0 atom stereocenters. The van der Waals surface area contributed by atoms with Crippen LogP contribution in [0.15, 0.2) is 152 Å². The molecule has 2 heteroatoms. The molecule has 6 aromatic rings. The zero-order chi connectivity index (χ0) is 30.6. The predicted octanol–water partition coefficient (Wildman–Crippen LogP) is 10.6. The van der Waals surface area contributed by atoms with Gasteiger partial charge >= 0.3 is 0 Å². The van der Waals surface area contributed by atoms with Crippen LogP contribution in [0.4, 0.5) is 17.1 Å². The Morgan fingerprint density at radius 2 is 0.886 bits per heavy atom. The summed E-state index contributed by atoms with van der Waals surface area (Å²) in [5.74, 6) is 0. The Labute approximate surface area is 263 Å². The number of hydrogen-bond acceptors (Lipinski definition) is 2. The standard InChI is InChI=1S/C27H25N.C15H17N/c1-21-12-13-23(15-14-22-8-4-2-5-9-22)20-27(21)28-26-18-16-25(17-19-26)24-10-6-3-7-11-24;1-12-7-8-14(11-15(12)16)10-9-13-5-3-2-4-6-13/h2-13,16-20,28H,14-15H2,1H3;2-8,11H,9-10,16H2,1H3. The van der Waals surface area contributed by atoms with Crippen molar-refractivity contribution in [2.45, 2.75) is 39.5 Å². The van der Waals surface area contributed by atoms with E-state index in [1.54, 1.807) is 0 Å². The Morgan fingerprint density at radius 1 is 0.432 bits per heavy atom. The van der Waals surface area contributed by atoms with Crippen molar-refractivity contribution in [3.8, 4) is 11.1 Å². The number of nitrogens with one attached hydrogen (secondary N) is 1. The van der Waals surface area contributed by atoms with E-state index >= 15 is 0 Å². The van der Waals surface area contributed by atoms with Crippen LogP contribution in [0.3, 0.4) is 0 Å². The van der Waals surface area contributed by atoms with Gasteiger partial charge in [0, 0.05) is 17.1 Å². The fraction of sp³-hybridized carbons (Fsp3) is 0.143. The summed E-state index contributed by atoms with van der Waals surface area (Å²) in [6, 6.07) is 53.4. The molecule has 6 aromatic carbocycles. The SMILES string of the molecule is Cc1ccc(CCc2ccccc2)cc1N.Cc1ccc(CCc2ccccc2)cc1Nc1ccc(-c2ccccc2)cc1. The van der Waals surface area contributed by atoms with Crippen molar-refractivity contribution in [3.05, 3.63) is 185 Å². The van der Waals surface area contributed by atoms with Gasteiger partial charge in [-0.1, -0.05) is 127 Å². The fourth-order valence-corrected chi connectivity index (χ4v) is 5.20. The molecule has 220 valence electrons. The number of hydrogen-bond donors (Lipinski definition) is 2. The van der Waals surface area contributed by atoms with Crippen LogP contribution in [0.2, 0.25) is 0 Å². The molecule has 2 nitrogen and oxygen atoms in total. The van der Waals surface area contributed by atoms with E-state index in [4.69, 9.17) is 5.73 Å². The first-order chi connectivity index (χ1) is 21.5. The van der Waals surface area contributed by atoms with Crippen LogP contribution in [0, 0.1) is 13.8 Å². The molecule has 0 aliphatic carbocycles. The Morgan fingerprint density at radius 3 is 1.43 bits per heavy atom. The van der Waals surface area contributed by atoms with Crippen molar-refractivity contribution in [2.75, 3.05) is 11.1 Å². The molecule has 0 amide bonds. The molecule has 0 aliphatic heterocycles. The third-order valence-corrected chi connectivity index (χ3v) is 8.01. The lowest BCUT2D eigenvalue weighted by molar-refractivity contribution is 0.960. The molecule has 0 bridgehead atoms. The van der Waals surface area contributed by atoms with E-state index < -0.39 is 0 Å². The Hall–Kier alpha value is -5.08. The number of nitrogens with two attached hydrogens (primary N) is 1. The highest BCUT2D eigenvalue weighted by atomic mass is 14.9. The van der Waals surface area contributed by atoms with Gasteiger partial charge in [-0.3, -0.25) is 0 Å². The maximum atomic E-state index is 5.89. The summed E-state index contributed by atoms with van der Waals surface area (Å²) in [6.07, 6.45) is 4.23. The smallest absolute Gasteiger partial charge is 0.0416 e. The second-order valence-electron chi connectivity index (χ2n) is 11.4. The van der Waals surface area contributed by atoms with E-state index in [-0.39, 0.29) is 0 Å². The lowest BCUT2D eigenvalue weighted by Crippen LogP contribution is -1.97. The quantitative estimate of drug-likeness (QED) is 0.169. The van der Waals surface area contributed by atoms with Crippen molar-refractivity contribution in [2.24, 2.45) is 0 Å². The molecule has 0 fully saturated rings. The molecule has 6 rings (SSSR count). The summed E-state index contributed by atoms with van der Waals surface area (Å²) in [5, 5.41) is 3.59. The Bertz CT molecular complexity index is 1720. The normalized spacial score (nSPS) is 10.5. The highest BCUT2D eigenvalue weighted by molar-refractivity contribution is 5.69. The van der Waals surface area contributed by atoms with Gasteiger partial charge in [0.05, 0.1) is 0 Å². The first kappa shape index (κ1) is 30.4. The molecular formula is C42H42N2. The second-order valence-corrected chi connectivity index (χ2v) is 11.4. The number of benzene rings is 6. The third-order valence-electron chi connectivity index (χ3n) is 8.01. The van der Waals surface area contributed by atoms with Crippen molar-refractivity contribution in [1.29, 1.82) is 0 Å². The molecule has 0 heterocycles. The van der Waals surface area contributed by atoms with Gasteiger partial charge in [-0.15, -0.1) is 0 Å². The van der Waals surface area contributed by atoms with E-state index in [9.17, 15) is 0 Å². The van der Waals surface area contributed by atoms with Crippen molar-refractivity contribution in [3.63, 3.8) is 0 Å². The molecule has 0 saturated carbocycles. The van der Waals surface area contributed by atoms with Crippen LogP contribution in [0.5, 0.6) is 0 Å². The lowest BCUT2D eigenvalue weighted by atomic mass is 10.0. The summed E-state index contributed by atoms with van der Waals surface area (Å²) in [7, 11) is 0. The van der Waals surface area contributed by atoms with Crippen LogP contribution >= 0.6 is 0 Å². The van der Waals surface area contributed by atoms with E-state index in [0.717, 1.165) is 42.6 Å². The molecule has 0 radical (unpaired) electrons. The van der Waals surface area contributed by atoms with Gasteiger partial charge < -0.3 is 11.1 Å². The number of nitrogen functional groups attached to an aromatic ring is 1. The van der Waals surface area contributed by atoms with Crippen LogP contribution in [-0.2, 0) is 25.7 Å². The van der Waals surface area contributed by atoms with Gasteiger partial charge in [0.15, 0.2) is 0 Å². The van der Waals surface area contributed by atoms with Crippen LogP contribution in [0.25, 0.3) is 11.1 Å². The molecule has 3 N–H and O–H groups in total. The summed E-state index contributed by atoms with van der Waals surface area (Å²) >= 11 is 0. The topological polar surface area (TPSA) is 38.0 Å². The van der Waals surface area contributed by atoms with Gasteiger partial charge in [0.1, 0.15) is 0 Å². The number of aryl methyl sites for hydroxylation is 6. The highest BCUT2D eigenvalue weighted by Crippen LogP contribution is 2.26. The molecule has 0 aliphatic rings. The van der Waals surface area contributed by atoms with Gasteiger partial charge in [0.25, 0.3) is 0 Å². The minimum Gasteiger partial charge on any atom is -0.399 e. The molecule has 0 unspecified atom stereocenters.